The van der Waals surface area contributed by atoms with E-state index in [-0.39, 0.29) is 0 Å². The highest BCUT2D eigenvalue weighted by Gasteiger charge is 2.53. The van der Waals surface area contributed by atoms with E-state index in [2.05, 4.69) is 243 Å². The van der Waals surface area contributed by atoms with E-state index >= 15 is 0 Å². The van der Waals surface area contributed by atoms with Crippen molar-refractivity contribution in [3.63, 3.8) is 0 Å². The summed E-state index contributed by atoms with van der Waals surface area (Å²) in [5.41, 5.74) is 17.8. The van der Waals surface area contributed by atoms with Gasteiger partial charge in [-0.3, -0.25) is 0 Å². The zero-order chi connectivity index (χ0) is 43.8. The molecule has 0 unspecified atom stereocenters. The molecule has 0 saturated heterocycles. The molecule has 0 amide bonds. The van der Waals surface area contributed by atoms with Gasteiger partial charge in [-0.1, -0.05) is 224 Å². The lowest BCUT2D eigenvalue weighted by Crippen LogP contribution is -2.26. The molecule has 0 radical (unpaired) electrons. The topological polar surface area (TPSA) is 0 Å². The van der Waals surface area contributed by atoms with Crippen LogP contribution in [0.15, 0.2) is 243 Å². The molecule has 0 heterocycles. The molecule has 2 aliphatic rings. The maximum absolute atomic E-state index is 2.56. The van der Waals surface area contributed by atoms with Crippen LogP contribution in [0.5, 0.6) is 0 Å². The van der Waals surface area contributed by atoms with Crippen LogP contribution >= 0.6 is 0 Å². The van der Waals surface area contributed by atoms with Crippen molar-refractivity contribution in [3.8, 4) is 55.6 Å². The van der Waals surface area contributed by atoms with Gasteiger partial charge in [0.15, 0.2) is 0 Å². The molecule has 13 aromatic rings. The van der Waals surface area contributed by atoms with Crippen molar-refractivity contribution in [1.29, 1.82) is 0 Å². The average Bonchev–Trinajstić information content (AvgIpc) is 3.86. The Morgan fingerprint density at radius 3 is 1.30 bits per heavy atom. The third kappa shape index (κ3) is 4.92. The van der Waals surface area contributed by atoms with Crippen molar-refractivity contribution in [2.45, 2.75) is 5.41 Å². The van der Waals surface area contributed by atoms with Gasteiger partial charge >= 0.3 is 0 Å². The summed E-state index contributed by atoms with van der Waals surface area (Å²) in [6.45, 7) is 0. The first-order valence-corrected chi connectivity index (χ1v) is 23.5. The molecule has 0 fully saturated rings. The number of fused-ring (bicyclic) bond motifs is 19. The summed E-state index contributed by atoms with van der Waals surface area (Å²) in [6.07, 6.45) is 0. The Balaban J connectivity index is 0.975. The molecular formula is C67H40. The van der Waals surface area contributed by atoms with Crippen LogP contribution < -0.4 is 0 Å². The van der Waals surface area contributed by atoms with Crippen molar-refractivity contribution < 1.29 is 0 Å². The lowest BCUT2D eigenvalue weighted by molar-refractivity contribution is 0.803. The van der Waals surface area contributed by atoms with Crippen LogP contribution in [0.4, 0.5) is 0 Å². The first-order chi connectivity index (χ1) is 33.3. The van der Waals surface area contributed by atoms with Crippen molar-refractivity contribution in [3.05, 3.63) is 265 Å². The Morgan fingerprint density at radius 2 is 0.657 bits per heavy atom. The molecule has 13 aromatic carbocycles. The van der Waals surface area contributed by atoms with E-state index in [0.717, 1.165) is 0 Å². The molecule has 0 heteroatoms. The summed E-state index contributed by atoms with van der Waals surface area (Å²) in [6, 6.07) is 91.4. The highest BCUT2D eigenvalue weighted by Crippen LogP contribution is 2.66. The van der Waals surface area contributed by atoms with Gasteiger partial charge in [0.2, 0.25) is 0 Å². The van der Waals surface area contributed by atoms with E-state index in [4.69, 9.17) is 0 Å². The summed E-state index contributed by atoms with van der Waals surface area (Å²) in [4.78, 5) is 0. The lowest BCUT2D eigenvalue weighted by atomic mass is 9.69. The monoisotopic (exact) mass is 844 g/mol. The Bertz CT molecular complexity index is 4150. The van der Waals surface area contributed by atoms with E-state index in [1.54, 1.807) is 0 Å². The van der Waals surface area contributed by atoms with Crippen molar-refractivity contribution in [1.82, 2.24) is 0 Å². The first-order valence-electron chi connectivity index (χ1n) is 23.5. The maximum atomic E-state index is 2.56. The molecule has 0 aromatic heterocycles. The van der Waals surface area contributed by atoms with Crippen LogP contribution in [0.3, 0.4) is 0 Å². The fourth-order valence-corrected chi connectivity index (χ4v) is 12.8. The van der Waals surface area contributed by atoms with Crippen molar-refractivity contribution in [2.24, 2.45) is 0 Å². The van der Waals surface area contributed by atoms with Gasteiger partial charge in [-0.25, -0.2) is 0 Å². The van der Waals surface area contributed by atoms with Gasteiger partial charge < -0.3 is 0 Å². The van der Waals surface area contributed by atoms with Crippen LogP contribution in [0.25, 0.3) is 120 Å². The lowest BCUT2D eigenvalue weighted by Gasteiger charge is -2.32. The van der Waals surface area contributed by atoms with Gasteiger partial charge in [0.05, 0.1) is 5.41 Å². The molecule has 0 saturated carbocycles. The summed E-state index contributed by atoms with van der Waals surface area (Å²) in [7, 11) is 0. The summed E-state index contributed by atoms with van der Waals surface area (Å²) in [5.74, 6) is 0. The van der Waals surface area contributed by atoms with Crippen LogP contribution in [-0.2, 0) is 5.41 Å². The van der Waals surface area contributed by atoms with Crippen LogP contribution in [0, 0.1) is 0 Å². The number of hydrogen-bond donors (Lipinski definition) is 0. The van der Waals surface area contributed by atoms with E-state index in [1.807, 2.05) is 0 Å². The second-order valence-corrected chi connectivity index (χ2v) is 18.6. The van der Waals surface area contributed by atoms with E-state index in [9.17, 15) is 0 Å². The second kappa shape index (κ2) is 13.7. The molecular weight excluding hydrogens is 805 g/mol. The first kappa shape index (κ1) is 36.7. The van der Waals surface area contributed by atoms with Crippen LogP contribution in [0.1, 0.15) is 22.3 Å². The highest BCUT2D eigenvalue weighted by molar-refractivity contribution is 6.23. The van der Waals surface area contributed by atoms with Gasteiger partial charge in [-0.15, -0.1) is 0 Å². The van der Waals surface area contributed by atoms with Gasteiger partial charge in [-0.05, 0) is 161 Å². The standard InChI is InChI=1S/C67H40/c1-2-18-47-41(16-1)17-15-29-48(47)42-32-34-43(35-33-42)63-54-24-6-8-26-56(54)64(57-27-9-7-25-55(57)63)45-37-36-44-39-59-62(40-46(44)38-45)67(60-30-13-11-21-51(60)52-22-12-14-31-61(52)67)66-58-28-10-4-20-50(58)49-19-3-5-23-53(49)65(59)66/h1-40H. The number of rotatable bonds is 3. The van der Waals surface area contributed by atoms with Crippen LogP contribution in [-0.4, -0.2) is 0 Å². The average molecular weight is 845 g/mol. The van der Waals surface area contributed by atoms with Crippen LogP contribution in [0.2, 0.25) is 0 Å². The highest BCUT2D eigenvalue weighted by atomic mass is 14.5. The van der Waals surface area contributed by atoms with E-state index in [0.29, 0.717) is 0 Å². The Kier molecular flexibility index (Phi) is 7.52. The molecule has 67 heavy (non-hydrogen) atoms. The fourth-order valence-electron chi connectivity index (χ4n) is 12.8. The van der Waals surface area contributed by atoms with Gasteiger partial charge in [0.1, 0.15) is 0 Å². The Hall–Kier alpha value is -8.58. The van der Waals surface area contributed by atoms with E-state index in [1.165, 1.54) is 143 Å². The van der Waals surface area contributed by atoms with Gasteiger partial charge in [0.25, 0.3) is 0 Å². The minimum absolute atomic E-state index is 0.490. The zero-order valence-corrected chi connectivity index (χ0v) is 36.6. The molecule has 0 N–H and O–H groups in total. The fraction of sp³-hybridized carbons (Fsp3) is 0.0149. The largest absolute Gasteiger partial charge is 0.0731 e. The molecule has 0 nitrogen and oxygen atoms in total. The molecule has 0 bridgehead atoms. The third-order valence-electron chi connectivity index (χ3n) is 15.4. The van der Waals surface area contributed by atoms with Crippen molar-refractivity contribution >= 4 is 64.6 Å². The minimum atomic E-state index is -0.490. The normalized spacial score (nSPS) is 13.2. The quantitative estimate of drug-likeness (QED) is 0.123. The number of hydrogen-bond acceptors (Lipinski definition) is 0. The molecule has 0 atom stereocenters. The number of benzene rings is 13. The maximum Gasteiger partial charge on any atom is 0.0731 e. The second-order valence-electron chi connectivity index (χ2n) is 18.6. The van der Waals surface area contributed by atoms with E-state index < -0.39 is 5.41 Å². The predicted octanol–water partition coefficient (Wildman–Crippen LogP) is 18.0. The summed E-state index contributed by atoms with van der Waals surface area (Å²) < 4.78 is 0. The molecule has 15 rings (SSSR count). The molecule has 2 aliphatic carbocycles. The van der Waals surface area contributed by atoms with Gasteiger partial charge in [0, 0.05) is 0 Å². The zero-order valence-electron chi connectivity index (χ0n) is 36.6. The molecule has 1 spiro atoms. The predicted molar refractivity (Wildman–Crippen MR) is 284 cm³/mol. The minimum Gasteiger partial charge on any atom is -0.0619 e. The van der Waals surface area contributed by atoms with Crippen molar-refractivity contribution in [2.75, 3.05) is 0 Å². The Morgan fingerprint density at radius 1 is 0.209 bits per heavy atom. The third-order valence-corrected chi connectivity index (χ3v) is 15.4. The molecule has 0 aliphatic heterocycles. The Labute approximate surface area is 388 Å². The van der Waals surface area contributed by atoms with Gasteiger partial charge in [-0.2, -0.15) is 0 Å². The summed E-state index contributed by atoms with van der Waals surface area (Å²) in [5, 5.41) is 15.3. The molecule has 308 valence electrons. The smallest absolute Gasteiger partial charge is 0.0619 e. The summed E-state index contributed by atoms with van der Waals surface area (Å²) >= 11 is 0. The SMILES string of the molecule is c1ccc2c(c1)-c1ccccc1C21c2cc3cc(-c4c5ccccc5c(-c5ccc(-c6cccc7ccccc67)cc5)c5ccccc45)ccc3cc2-c2c1c1ccccc1c1ccccc21.